The number of nitrogens with one attached hydrogen (secondary N) is 1. The summed E-state index contributed by atoms with van der Waals surface area (Å²) in [6.45, 7) is 2.74. The molecule has 1 heterocycles. The first-order valence-electron chi connectivity index (χ1n) is 9.01. The largest absolute Gasteiger partial charge is 0.508 e. The highest BCUT2D eigenvalue weighted by atomic mass is 32.2. The molecule has 0 unspecified atom stereocenters. The maximum Gasteiger partial charge on any atom is 0.338 e. The molecule has 30 heavy (non-hydrogen) atoms. The predicted molar refractivity (Wildman–Crippen MR) is 107 cm³/mol. The molecular weight excluding hydrogens is 416 g/mol. The lowest BCUT2D eigenvalue weighted by atomic mass is 10.1. The summed E-state index contributed by atoms with van der Waals surface area (Å²) < 4.78 is 42.5. The van der Waals surface area contributed by atoms with E-state index in [-0.39, 0.29) is 53.8 Å². The molecule has 2 rings (SSSR count). The Balaban J connectivity index is 2.29. The van der Waals surface area contributed by atoms with E-state index >= 15 is 0 Å². The van der Waals surface area contributed by atoms with E-state index in [0.717, 1.165) is 6.07 Å². The van der Waals surface area contributed by atoms with Crippen LogP contribution >= 0.6 is 0 Å². The van der Waals surface area contributed by atoms with Gasteiger partial charge in [0.15, 0.2) is 5.78 Å². The quantitative estimate of drug-likeness (QED) is 0.267. The molecule has 1 aromatic rings. The molecule has 0 atom stereocenters. The van der Waals surface area contributed by atoms with Crippen molar-refractivity contribution in [2.24, 2.45) is 0 Å². The van der Waals surface area contributed by atoms with Crippen molar-refractivity contribution in [1.82, 2.24) is 4.31 Å². The van der Waals surface area contributed by atoms with Crippen LogP contribution in [0.4, 0.5) is 0 Å². The normalized spacial score (nSPS) is 15.8. The number of benzene rings is 1. The summed E-state index contributed by atoms with van der Waals surface area (Å²) in [5, 5.41) is 17.5. The maximum absolute atomic E-state index is 13.0. The molecule has 0 saturated carbocycles. The number of Topliss-reactive ketones (excluding diaryl/α,β-unsaturated/α-hetero) is 1. The molecule has 1 aliphatic heterocycles. The number of sulfonamides is 1. The number of aliphatic hydroxyl groups is 1. The standard InChI is InChI=1S/C19H24N2O8S/c1-12(20)18(13(2)22)15(23)11-29-19(24)14-4-5-16(27-3)17(10-14)30(25,26)21-6-8-28-9-7-21/h4-5,10,20,23H,6-9,11H2,1-3H3/b18-15-,20-12?. The number of esters is 1. The number of hydrogen-bond donors (Lipinski definition) is 2. The van der Waals surface area contributed by atoms with Crippen molar-refractivity contribution in [1.29, 1.82) is 5.41 Å². The van der Waals surface area contributed by atoms with Crippen molar-refractivity contribution in [3.8, 4) is 5.75 Å². The van der Waals surface area contributed by atoms with Crippen molar-refractivity contribution in [3.63, 3.8) is 0 Å². The summed E-state index contributed by atoms with van der Waals surface area (Å²) in [7, 11) is -2.62. The van der Waals surface area contributed by atoms with Gasteiger partial charge in [-0.3, -0.25) is 4.79 Å². The fourth-order valence-corrected chi connectivity index (χ4v) is 4.49. The maximum atomic E-state index is 13.0. The van der Waals surface area contributed by atoms with Crippen molar-refractivity contribution < 1.29 is 37.3 Å². The van der Waals surface area contributed by atoms with Crippen molar-refractivity contribution in [3.05, 3.63) is 35.1 Å². The van der Waals surface area contributed by atoms with Gasteiger partial charge in [-0.1, -0.05) is 0 Å². The molecule has 1 aliphatic rings. The zero-order valence-electron chi connectivity index (χ0n) is 16.9. The van der Waals surface area contributed by atoms with E-state index in [9.17, 15) is 23.1 Å². The molecule has 0 radical (unpaired) electrons. The Bertz CT molecular complexity index is 962. The molecule has 0 aliphatic carbocycles. The molecule has 0 spiro atoms. The Morgan fingerprint density at radius 2 is 1.87 bits per heavy atom. The van der Waals surface area contributed by atoms with E-state index in [0.29, 0.717) is 0 Å². The third-order valence-corrected chi connectivity index (χ3v) is 6.26. The summed E-state index contributed by atoms with van der Waals surface area (Å²) in [5.74, 6) is -1.94. The Hall–Kier alpha value is -2.76. The average molecular weight is 440 g/mol. The highest BCUT2D eigenvalue weighted by molar-refractivity contribution is 7.89. The van der Waals surface area contributed by atoms with Gasteiger partial charge in [0.2, 0.25) is 10.0 Å². The van der Waals surface area contributed by atoms with Crippen LogP contribution in [0.5, 0.6) is 5.75 Å². The van der Waals surface area contributed by atoms with Crippen LogP contribution in [-0.4, -0.2) is 75.3 Å². The molecule has 10 nitrogen and oxygen atoms in total. The predicted octanol–water partition coefficient (Wildman–Crippen LogP) is 1.31. The average Bonchev–Trinajstić information content (AvgIpc) is 2.71. The second-order valence-corrected chi connectivity index (χ2v) is 8.37. The zero-order chi connectivity index (χ0) is 22.5. The number of hydrogen-bond acceptors (Lipinski definition) is 9. The van der Waals surface area contributed by atoms with Gasteiger partial charge in [0.25, 0.3) is 0 Å². The summed E-state index contributed by atoms with van der Waals surface area (Å²) in [6.07, 6.45) is 0. The molecule has 0 aromatic heterocycles. The van der Waals surface area contributed by atoms with Crippen LogP contribution in [0.15, 0.2) is 34.4 Å². The third-order valence-electron chi connectivity index (χ3n) is 4.34. The van der Waals surface area contributed by atoms with E-state index in [2.05, 4.69) is 0 Å². The number of allylic oxidation sites excluding steroid dienone is 1. The van der Waals surface area contributed by atoms with Gasteiger partial charge in [0, 0.05) is 18.8 Å². The van der Waals surface area contributed by atoms with E-state index in [1.54, 1.807) is 0 Å². The Morgan fingerprint density at radius 3 is 2.40 bits per heavy atom. The molecule has 164 valence electrons. The minimum absolute atomic E-state index is 0.0686. The number of carbonyl (C=O) groups excluding carboxylic acids is 2. The van der Waals surface area contributed by atoms with Crippen LogP contribution in [0.3, 0.4) is 0 Å². The smallest absolute Gasteiger partial charge is 0.338 e. The van der Waals surface area contributed by atoms with Crippen LogP contribution in [0, 0.1) is 5.41 Å². The molecule has 1 saturated heterocycles. The van der Waals surface area contributed by atoms with Gasteiger partial charge in [-0.15, -0.1) is 0 Å². The van der Waals surface area contributed by atoms with Crippen molar-refractivity contribution in [2.45, 2.75) is 18.7 Å². The summed E-state index contributed by atoms with van der Waals surface area (Å²) >= 11 is 0. The number of methoxy groups -OCH3 is 1. The summed E-state index contributed by atoms with van der Waals surface area (Å²) in [4.78, 5) is 23.7. The summed E-state index contributed by atoms with van der Waals surface area (Å²) in [5.41, 5.74) is -0.487. The molecule has 0 amide bonds. The number of rotatable bonds is 8. The minimum Gasteiger partial charge on any atom is -0.508 e. The zero-order valence-corrected chi connectivity index (χ0v) is 17.7. The topological polar surface area (TPSA) is 143 Å². The number of morpholine rings is 1. The lowest BCUT2D eigenvalue weighted by Crippen LogP contribution is -2.40. The third kappa shape index (κ3) is 5.23. The number of nitrogens with zero attached hydrogens (tertiary/aromatic N) is 1. The van der Waals surface area contributed by atoms with Gasteiger partial charge in [0.1, 0.15) is 23.0 Å². The Morgan fingerprint density at radius 1 is 1.23 bits per heavy atom. The second-order valence-electron chi connectivity index (χ2n) is 6.46. The number of ether oxygens (including phenoxy) is 3. The Kier molecular flexibility index (Phi) is 7.71. The van der Waals surface area contributed by atoms with Crippen LogP contribution < -0.4 is 4.74 Å². The van der Waals surface area contributed by atoms with Gasteiger partial charge in [-0.25, -0.2) is 13.2 Å². The van der Waals surface area contributed by atoms with E-state index in [1.165, 1.54) is 37.4 Å². The lowest BCUT2D eigenvalue weighted by molar-refractivity contribution is -0.113. The second kappa shape index (κ2) is 9.83. The van der Waals surface area contributed by atoms with Crippen molar-refractivity contribution >= 4 is 27.5 Å². The lowest BCUT2D eigenvalue weighted by Gasteiger charge is -2.26. The van der Waals surface area contributed by atoms with Gasteiger partial charge >= 0.3 is 5.97 Å². The molecule has 0 bridgehead atoms. The van der Waals surface area contributed by atoms with Crippen LogP contribution in [-0.2, 0) is 24.3 Å². The van der Waals surface area contributed by atoms with Gasteiger partial charge in [-0.05, 0) is 32.0 Å². The number of aliphatic hydroxyl groups excluding tert-OH is 1. The number of carbonyl (C=O) groups is 2. The molecular formula is C19H24N2O8S. The van der Waals surface area contributed by atoms with E-state index < -0.39 is 34.1 Å². The van der Waals surface area contributed by atoms with E-state index in [4.69, 9.17) is 19.6 Å². The first-order valence-corrected chi connectivity index (χ1v) is 10.4. The highest BCUT2D eigenvalue weighted by Crippen LogP contribution is 2.28. The molecule has 2 N–H and O–H groups in total. The molecule has 11 heteroatoms. The minimum atomic E-state index is -3.94. The fourth-order valence-electron chi connectivity index (χ4n) is 2.90. The first kappa shape index (κ1) is 23.5. The van der Waals surface area contributed by atoms with Gasteiger partial charge in [0.05, 0.1) is 31.5 Å². The van der Waals surface area contributed by atoms with Gasteiger partial charge in [-0.2, -0.15) is 4.31 Å². The molecule has 1 fully saturated rings. The van der Waals surface area contributed by atoms with Crippen LogP contribution in [0.2, 0.25) is 0 Å². The van der Waals surface area contributed by atoms with E-state index in [1.807, 2.05) is 0 Å². The SMILES string of the molecule is COc1ccc(C(=O)OC/C(O)=C(\C(C)=N)C(C)=O)cc1S(=O)(=O)N1CCOCC1. The summed E-state index contributed by atoms with van der Waals surface area (Å²) in [6, 6.07) is 3.80. The van der Waals surface area contributed by atoms with Crippen LogP contribution in [0.1, 0.15) is 24.2 Å². The van der Waals surface area contributed by atoms with Gasteiger partial charge < -0.3 is 24.7 Å². The molecule has 1 aromatic carbocycles. The monoisotopic (exact) mass is 440 g/mol. The number of ketones is 1. The van der Waals surface area contributed by atoms with Crippen molar-refractivity contribution in [2.75, 3.05) is 40.0 Å². The van der Waals surface area contributed by atoms with Crippen LogP contribution in [0.25, 0.3) is 0 Å². The highest BCUT2D eigenvalue weighted by Gasteiger charge is 2.30. The first-order chi connectivity index (χ1) is 14.1. The fraction of sp³-hybridized carbons (Fsp3) is 0.421. The Labute approximate surface area is 174 Å².